The van der Waals surface area contributed by atoms with E-state index in [0.717, 1.165) is 16.1 Å². The van der Waals surface area contributed by atoms with Gasteiger partial charge in [-0.2, -0.15) is 0 Å². The molecule has 25 heavy (non-hydrogen) atoms. The lowest BCUT2D eigenvalue weighted by Crippen LogP contribution is -1.97. The van der Waals surface area contributed by atoms with Gasteiger partial charge in [0, 0.05) is 16.1 Å². The first kappa shape index (κ1) is 16.8. The van der Waals surface area contributed by atoms with Crippen LogP contribution in [0.2, 0.25) is 0 Å². The van der Waals surface area contributed by atoms with Crippen molar-refractivity contribution in [3.63, 3.8) is 0 Å². The van der Waals surface area contributed by atoms with Gasteiger partial charge >= 0.3 is 5.97 Å². The van der Waals surface area contributed by atoms with E-state index in [4.69, 9.17) is 9.84 Å². The molecular formula is C18H16N2O4S. The molecule has 1 aromatic heterocycles. The van der Waals surface area contributed by atoms with Gasteiger partial charge in [0.2, 0.25) is 0 Å². The molecule has 0 aliphatic carbocycles. The largest absolute Gasteiger partial charge is 0.504 e. The molecular weight excluding hydrogens is 340 g/mol. The third kappa shape index (κ3) is 3.56. The van der Waals surface area contributed by atoms with Crippen molar-refractivity contribution < 1.29 is 19.7 Å². The predicted molar refractivity (Wildman–Crippen MR) is 97.2 cm³/mol. The Morgan fingerprint density at radius 2 is 2.04 bits per heavy atom. The van der Waals surface area contributed by atoms with Gasteiger partial charge in [-0.15, -0.1) is 11.3 Å². The lowest BCUT2D eigenvalue weighted by atomic mass is 10.1. The summed E-state index contributed by atoms with van der Waals surface area (Å²) in [5.41, 5.74) is 2.47. The van der Waals surface area contributed by atoms with Gasteiger partial charge in [-0.1, -0.05) is 6.07 Å². The number of hydrogen-bond acceptors (Lipinski definition) is 6. The third-order valence-electron chi connectivity index (χ3n) is 3.61. The Bertz CT molecular complexity index is 937. The van der Waals surface area contributed by atoms with E-state index in [0.29, 0.717) is 16.6 Å². The van der Waals surface area contributed by atoms with Crippen LogP contribution in [-0.2, 0) is 0 Å². The highest BCUT2D eigenvalue weighted by Crippen LogP contribution is 2.36. The molecule has 0 unspecified atom stereocenters. The summed E-state index contributed by atoms with van der Waals surface area (Å²) in [5, 5.41) is 22.6. The van der Waals surface area contributed by atoms with Gasteiger partial charge in [-0.3, -0.25) is 0 Å². The molecule has 3 N–H and O–H groups in total. The molecule has 6 nitrogen and oxygen atoms in total. The molecule has 0 radical (unpaired) electrons. The number of rotatable bonds is 5. The summed E-state index contributed by atoms with van der Waals surface area (Å²) in [6.07, 6.45) is 0. The maximum Gasteiger partial charge on any atom is 0.335 e. The highest BCUT2D eigenvalue weighted by atomic mass is 32.1. The molecule has 7 heteroatoms. The molecule has 128 valence electrons. The summed E-state index contributed by atoms with van der Waals surface area (Å²) in [4.78, 5) is 16.6. The lowest BCUT2D eigenvalue weighted by molar-refractivity contribution is 0.0697. The smallest absolute Gasteiger partial charge is 0.335 e. The van der Waals surface area contributed by atoms with Crippen LogP contribution in [-0.4, -0.2) is 28.3 Å². The number of phenolic OH excluding ortho intramolecular Hbond substituents is 1. The highest BCUT2D eigenvalue weighted by Gasteiger charge is 2.13. The molecule has 3 aromatic rings. The van der Waals surface area contributed by atoms with Crippen LogP contribution < -0.4 is 10.1 Å². The summed E-state index contributed by atoms with van der Waals surface area (Å²) in [6.45, 7) is 1.95. The SMILES string of the molecule is COc1cc(-c2nc(Nc3cccc(C(=O)O)c3)sc2C)ccc1O. The first-order valence-electron chi connectivity index (χ1n) is 7.43. The number of benzene rings is 2. The molecule has 1 heterocycles. The quantitative estimate of drug-likeness (QED) is 0.632. The van der Waals surface area contributed by atoms with Crippen molar-refractivity contribution in [1.29, 1.82) is 0 Å². The number of aromatic nitrogens is 1. The number of nitrogens with one attached hydrogen (secondary N) is 1. The number of methoxy groups -OCH3 is 1. The minimum Gasteiger partial charge on any atom is -0.504 e. The second-order valence-electron chi connectivity index (χ2n) is 5.32. The van der Waals surface area contributed by atoms with Crippen LogP contribution in [0.25, 0.3) is 11.3 Å². The molecule has 0 fully saturated rings. The number of nitrogens with zero attached hydrogens (tertiary/aromatic N) is 1. The second kappa shape index (κ2) is 6.82. The van der Waals surface area contributed by atoms with Crippen LogP contribution in [0.15, 0.2) is 42.5 Å². The minimum atomic E-state index is -0.976. The van der Waals surface area contributed by atoms with E-state index in [9.17, 15) is 9.90 Å². The number of carboxylic acids is 1. The van der Waals surface area contributed by atoms with Crippen molar-refractivity contribution in [2.45, 2.75) is 6.92 Å². The molecule has 0 saturated carbocycles. The zero-order valence-electron chi connectivity index (χ0n) is 13.6. The lowest BCUT2D eigenvalue weighted by Gasteiger charge is -2.05. The van der Waals surface area contributed by atoms with Crippen LogP contribution in [0.5, 0.6) is 11.5 Å². The Morgan fingerprint density at radius 1 is 1.24 bits per heavy atom. The van der Waals surface area contributed by atoms with Gasteiger partial charge < -0.3 is 20.3 Å². The molecule has 0 atom stereocenters. The normalized spacial score (nSPS) is 10.5. The van der Waals surface area contributed by atoms with Crippen molar-refractivity contribution in [2.24, 2.45) is 0 Å². The topological polar surface area (TPSA) is 91.7 Å². The molecule has 3 rings (SSSR count). The second-order valence-corrected chi connectivity index (χ2v) is 6.52. The van der Waals surface area contributed by atoms with Crippen LogP contribution in [0.1, 0.15) is 15.2 Å². The molecule has 0 amide bonds. The molecule has 0 aliphatic heterocycles. The average molecular weight is 356 g/mol. The summed E-state index contributed by atoms with van der Waals surface area (Å²) in [6, 6.07) is 11.6. The number of ether oxygens (including phenoxy) is 1. The summed E-state index contributed by atoms with van der Waals surface area (Å²) in [5.74, 6) is -0.521. The maximum absolute atomic E-state index is 11.1. The number of phenols is 1. The summed E-state index contributed by atoms with van der Waals surface area (Å²) < 4.78 is 5.14. The number of aromatic carboxylic acids is 1. The van der Waals surface area contributed by atoms with E-state index in [-0.39, 0.29) is 11.3 Å². The first-order valence-corrected chi connectivity index (χ1v) is 8.25. The predicted octanol–water partition coefficient (Wildman–Crippen LogP) is 4.27. The Hall–Kier alpha value is -3.06. The van der Waals surface area contributed by atoms with Crippen LogP contribution >= 0.6 is 11.3 Å². The maximum atomic E-state index is 11.1. The number of anilines is 2. The van der Waals surface area contributed by atoms with Crippen molar-refractivity contribution in [3.05, 3.63) is 52.9 Å². The van der Waals surface area contributed by atoms with Gasteiger partial charge in [0.1, 0.15) is 0 Å². The Balaban J connectivity index is 1.90. The van der Waals surface area contributed by atoms with Gasteiger partial charge in [0.05, 0.1) is 18.4 Å². The third-order valence-corrected chi connectivity index (χ3v) is 4.50. The fourth-order valence-electron chi connectivity index (χ4n) is 2.40. The van der Waals surface area contributed by atoms with Crippen molar-refractivity contribution in [1.82, 2.24) is 4.98 Å². The van der Waals surface area contributed by atoms with E-state index in [2.05, 4.69) is 10.3 Å². The molecule has 0 spiro atoms. The van der Waals surface area contributed by atoms with E-state index in [1.165, 1.54) is 24.5 Å². The number of aromatic hydroxyl groups is 1. The first-order chi connectivity index (χ1) is 12.0. The fourth-order valence-corrected chi connectivity index (χ4v) is 3.25. The van der Waals surface area contributed by atoms with Crippen molar-refractivity contribution in [3.8, 4) is 22.8 Å². The molecule has 2 aromatic carbocycles. The number of aryl methyl sites for hydroxylation is 1. The standard InChI is InChI=1S/C18H16N2O4S/c1-10-16(11-6-7-14(21)15(9-11)24-2)20-18(25-10)19-13-5-3-4-12(8-13)17(22)23/h3-9,21H,1-2H3,(H,19,20)(H,22,23). The van der Waals surface area contributed by atoms with Gasteiger partial charge in [0.15, 0.2) is 16.6 Å². The Labute approximate surface area is 148 Å². The van der Waals surface area contributed by atoms with Crippen molar-refractivity contribution >= 4 is 28.1 Å². The van der Waals surface area contributed by atoms with Gasteiger partial charge in [-0.05, 0) is 43.3 Å². The zero-order valence-corrected chi connectivity index (χ0v) is 14.4. The van der Waals surface area contributed by atoms with E-state index in [1.54, 1.807) is 36.4 Å². The van der Waals surface area contributed by atoms with Gasteiger partial charge in [0.25, 0.3) is 0 Å². The van der Waals surface area contributed by atoms with E-state index in [1.807, 2.05) is 6.92 Å². The van der Waals surface area contributed by atoms with Crippen LogP contribution in [0, 0.1) is 6.92 Å². The molecule has 0 saturated heterocycles. The zero-order chi connectivity index (χ0) is 18.0. The number of carbonyl (C=O) groups is 1. The molecule has 0 aliphatic rings. The van der Waals surface area contributed by atoms with E-state index < -0.39 is 5.97 Å². The van der Waals surface area contributed by atoms with E-state index >= 15 is 0 Å². The number of carboxylic acid groups (broad SMARTS) is 1. The van der Waals surface area contributed by atoms with Gasteiger partial charge in [-0.25, -0.2) is 9.78 Å². The fraction of sp³-hybridized carbons (Fsp3) is 0.111. The monoisotopic (exact) mass is 356 g/mol. The Morgan fingerprint density at radius 3 is 2.76 bits per heavy atom. The summed E-state index contributed by atoms with van der Waals surface area (Å²) in [7, 11) is 1.50. The van der Waals surface area contributed by atoms with Crippen LogP contribution in [0.4, 0.5) is 10.8 Å². The number of thiazole rings is 1. The average Bonchev–Trinajstić information content (AvgIpc) is 2.96. The highest BCUT2D eigenvalue weighted by molar-refractivity contribution is 7.16. The number of hydrogen-bond donors (Lipinski definition) is 3. The summed E-state index contributed by atoms with van der Waals surface area (Å²) >= 11 is 1.46. The minimum absolute atomic E-state index is 0.0722. The molecule has 0 bridgehead atoms. The Kier molecular flexibility index (Phi) is 4.58. The van der Waals surface area contributed by atoms with Crippen LogP contribution in [0.3, 0.4) is 0 Å². The van der Waals surface area contributed by atoms with Crippen molar-refractivity contribution in [2.75, 3.05) is 12.4 Å².